The van der Waals surface area contributed by atoms with E-state index in [0.29, 0.717) is 23.5 Å². The van der Waals surface area contributed by atoms with E-state index >= 15 is 0 Å². The number of anilines is 2. The van der Waals surface area contributed by atoms with Crippen LogP contribution in [0.2, 0.25) is 0 Å². The van der Waals surface area contributed by atoms with Crippen molar-refractivity contribution in [2.45, 2.75) is 25.4 Å². The Morgan fingerprint density at radius 3 is 2.53 bits per heavy atom. The second-order valence-electron chi connectivity index (χ2n) is 7.58. The number of ether oxygens (including phenoxy) is 1. The number of nitrogens with zero attached hydrogens (tertiary/aromatic N) is 3. The van der Waals surface area contributed by atoms with Crippen molar-refractivity contribution >= 4 is 23.2 Å². The zero-order valence-electron chi connectivity index (χ0n) is 16.7. The van der Waals surface area contributed by atoms with Gasteiger partial charge in [0.1, 0.15) is 5.75 Å². The van der Waals surface area contributed by atoms with E-state index in [2.05, 4.69) is 11.4 Å². The molecule has 2 aliphatic rings. The van der Waals surface area contributed by atoms with Gasteiger partial charge < -0.3 is 19.9 Å². The Hall–Kier alpha value is -3.53. The maximum Gasteiger partial charge on any atom is 0.265 e. The summed E-state index contributed by atoms with van der Waals surface area (Å²) in [6, 6.07) is 16.3. The van der Waals surface area contributed by atoms with Crippen molar-refractivity contribution < 1.29 is 14.3 Å². The number of carbonyl (C=O) groups is 2. The van der Waals surface area contributed by atoms with Gasteiger partial charge in [-0.15, -0.1) is 0 Å². The highest BCUT2D eigenvalue weighted by atomic mass is 16.5. The summed E-state index contributed by atoms with van der Waals surface area (Å²) in [6.07, 6.45) is 2.57. The Kier molecular flexibility index (Phi) is 5.84. The first-order valence-electron chi connectivity index (χ1n) is 10.2. The molecule has 0 aliphatic carbocycles. The number of nitrogens with one attached hydrogen (secondary N) is 1. The van der Waals surface area contributed by atoms with Gasteiger partial charge >= 0.3 is 0 Å². The molecule has 0 spiro atoms. The lowest BCUT2D eigenvalue weighted by Gasteiger charge is -2.38. The van der Waals surface area contributed by atoms with Gasteiger partial charge in [-0.25, -0.2) is 0 Å². The first-order chi connectivity index (χ1) is 14.6. The van der Waals surface area contributed by atoms with Gasteiger partial charge in [-0.2, -0.15) is 5.26 Å². The number of carbonyl (C=O) groups excluding carboxylic acids is 2. The normalized spacial score (nSPS) is 18.0. The smallest absolute Gasteiger partial charge is 0.265 e. The van der Waals surface area contributed by atoms with Crippen LogP contribution in [0.5, 0.6) is 5.75 Å². The molecule has 2 heterocycles. The maximum atomic E-state index is 13.0. The molecule has 0 saturated carbocycles. The number of fused-ring (bicyclic) bond motifs is 1. The molecule has 0 aromatic heterocycles. The van der Waals surface area contributed by atoms with E-state index in [9.17, 15) is 9.59 Å². The van der Waals surface area contributed by atoms with Crippen molar-refractivity contribution in [3.63, 3.8) is 0 Å². The van der Waals surface area contributed by atoms with Crippen LogP contribution in [0.25, 0.3) is 0 Å². The molecule has 2 aromatic rings. The lowest BCUT2D eigenvalue weighted by atomic mass is 10.1. The van der Waals surface area contributed by atoms with Crippen molar-refractivity contribution in [1.29, 1.82) is 5.26 Å². The minimum atomic E-state index is -0.624. The van der Waals surface area contributed by atoms with Gasteiger partial charge in [0.05, 0.1) is 30.4 Å². The molecule has 2 aromatic carbocycles. The van der Waals surface area contributed by atoms with Gasteiger partial charge in [-0.3, -0.25) is 9.59 Å². The number of hydrogen-bond acceptors (Lipinski definition) is 5. The molecule has 0 radical (unpaired) electrons. The number of likely N-dealkylation sites (tertiary alicyclic amines) is 1. The zero-order valence-corrected chi connectivity index (χ0v) is 16.7. The van der Waals surface area contributed by atoms with Gasteiger partial charge in [0.2, 0.25) is 5.91 Å². The lowest BCUT2D eigenvalue weighted by molar-refractivity contribution is -0.139. The number of amides is 2. The Labute approximate surface area is 175 Å². The molecule has 1 saturated heterocycles. The highest BCUT2D eigenvalue weighted by Crippen LogP contribution is 2.33. The summed E-state index contributed by atoms with van der Waals surface area (Å²) in [5.74, 6) is 0.410. The van der Waals surface area contributed by atoms with Gasteiger partial charge in [0.25, 0.3) is 5.91 Å². The predicted molar refractivity (Wildman–Crippen MR) is 113 cm³/mol. The molecular formula is C23H24N4O3. The van der Waals surface area contributed by atoms with E-state index in [1.54, 1.807) is 24.3 Å². The molecule has 1 unspecified atom stereocenters. The third kappa shape index (κ3) is 4.38. The van der Waals surface area contributed by atoms with Crippen molar-refractivity contribution in [2.75, 3.05) is 36.4 Å². The molecule has 4 rings (SSSR count). The Morgan fingerprint density at radius 2 is 1.80 bits per heavy atom. The number of rotatable bonds is 4. The van der Waals surface area contributed by atoms with Crippen LogP contribution < -0.4 is 15.0 Å². The van der Waals surface area contributed by atoms with Crippen molar-refractivity contribution in [2.24, 2.45) is 0 Å². The van der Waals surface area contributed by atoms with Gasteiger partial charge in [0, 0.05) is 18.8 Å². The molecule has 1 N–H and O–H groups in total. The Morgan fingerprint density at radius 1 is 1.07 bits per heavy atom. The summed E-state index contributed by atoms with van der Waals surface area (Å²) in [7, 11) is 0. The SMILES string of the molecule is N#Cc1ccc(NC(=O)CN2CC(C(=O)N3CCCCC3)Oc3ccccc32)cc1. The molecule has 2 amide bonds. The van der Waals surface area contributed by atoms with Crippen LogP contribution in [-0.2, 0) is 9.59 Å². The quantitative estimate of drug-likeness (QED) is 0.847. The van der Waals surface area contributed by atoms with Crippen LogP contribution in [0.4, 0.5) is 11.4 Å². The van der Waals surface area contributed by atoms with Gasteiger partial charge in [-0.05, 0) is 55.7 Å². The molecule has 1 atom stereocenters. The molecule has 1 fully saturated rings. The minimum Gasteiger partial charge on any atom is -0.477 e. The third-order valence-electron chi connectivity index (χ3n) is 5.44. The van der Waals surface area contributed by atoms with Crippen LogP contribution in [-0.4, -0.2) is 49.0 Å². The van der Waals surface area contributed by atoms with E-state index in [1.807, 2.05) is 34.1 Å². The average Bonchev–Trinajstić information content (AvgIpc) is 2.79. The van der Waals surface area contributed by atoms with E-state index in [0.717, 1.165) is 38.0 Å². The minimum absolute atomic E-state index is 0.0123. The summed E-state index contributed by atoms with van der Waals surface area (Å²) < 4.78 is 6.01. The Bertz CT molecular complexity index is 961. The second kappa shape index (κ2) is 8.87. The number of piperidine rings is 1. The van der Waals surface area contributed by atoms with Crippen LogP contribution in [0.1, 0.15) is 24.8 Å². The summed E-state index contributed by atoms with van der Waals surface area (Å²) >= 11 is 0. The monoisotopic (exact) mass is 404 g/mol. The summed E-state index contributed by atoms with van der Waals surface area (Å²) in [6.45, 7) is 1.95. The van der Waals surface area contributed by atoms with E-state index in [4.69, 9.17) is 10.00 Å². The third-order valence-corrected chi connectivity index (χ3v) is 5.44. The maximum absolute atomic E-state index is 13.0. The average molecular weight is 404 g/mol. The zero-order chi connectivity index (χ0) is 20.9. The van der Waals surface area contributed by atoms with Crippen LogP contribution in [0.3, 0.4) is 0 Å². The molecule has 7 nitrogen and oxygen atoms in total. The summed E-state index contributed by atoms with van der Waals surface area (Å²) in [5.41, 5.74) is 1.96. The standard InChI is InChI=1S/C23H24N4O3/c24-14-17-8-10-18(11-9-17)25-22(28)16-27-15-21(23(29)26-12-4-1-5-13-26)30-20-7-3-2-6-19(20)27/h2-3,6-11,21H,1,4-5,12-13,15-16H2,(H,25,28). The van der Waals surface area contributed by atoms with E-state index in [1.165, 1.54) is 0 Å². The van der Waals surface area contributed by atoms with Gasteiger partial charge in [0.15, 0.2) is 6.10 Å². The summed E-state index contributed by atoms with van der Waals surface area (Å²) in [5, 5.41) is 11.7. The summed E-state index contributed by atoms with van der Waals surface area (Å²) in [4.78, 5) is 29.4. The molecule has 0 bridgehead atoms. The van der Waals surface area contributed by atoms with Crippen LogP contribution in [0, 0.1) is 11.3 Å². The second-order valence-corrected chi connectivity index (χ2v) is 7.58. The van der Waals surface area contributed by atoms with Gasteiger partial charge in [-0.1, -0.05) is 12.1 Å². The fourth-order valence-electron chi connectivity index (χ4n) is 3.91. The molecule has 7 heteroatoms. The van der Waals surface area contributed by atoms with Crippen molar-refractivity contribution in [1.82, 2.24) is 4.90 Å². The fraction of sp³-hybridized carbons (Fsp3) is 0.348. The first kappa shape index (κ1) is 19.8. The van der Waals surface area contributed by atoms with Crippen LogP contribution >= 0.6 is 0 Å². The van der Waals surface area contributed by atoms with E-state index in [-0.39, 0.29) is 18.4 Å². The molecular weight excluding hydrogens is 380 g/mol. The fourth-order valence-corrected chi connectivity index (χ4v) is 3.91. The number of para-hydroxylation sites is 2. The number of nitriles is 1. The molecule has 154 valence electrons. The Balaban J connectivity index is 1.47. The van der Waals surface area contributed by atoms with Crippen molar-refractivity contribution in [3.8, 4) is 11.8 Å². The number of hydrogen-bond donors (Lipinski definition) is 1. The topological polar surface area (TPSA) is 85.7 Å². The lowest BCUT2D eigenvalue weighted by Crippen LogP contribution is -2.52. The predicted octanol–water partition coefficient (Wildman–Crippen LogP) is 2.78. The van der Waals surface area contributed by atoms with E-state index < -0.39 is 6.10 Å². The largest absolute Gasteiger partial charge is 0.477 e. The first-order valence-corrected chi connectivity index (χ1v) is 10.2. The highest BCUT2D eigenvalue weighted by molar-refractivity contribution is 5.95. The molecule has 2 aliphatic heterocycles. The van der Waals surface area contributed by atoms with Crippen molar-refractivity contribution in [3.05, 3.63) is 54.1 Å². The highest BCUT2D eigenvalue weighted by Gasteiger charge is 2.34. The molecule has 30 heavy (non-hydrogen) atoms. The van der Waals surface area contributed by atoms with Crippen LogP contribution in [0.15, 0.2) is 48.5 Å². The number of benzene rings is 2.